The molecule has 1 saturated carbocycles. The van der Waals surface area contributed by atoms with E-state index in [9.17, 15) is 4.79 Å². The van der Waals surface area contributed by atoms with Crippen LogP contribution in [0, 0.1) is 0 Å². The molecule has 5 heteroatoms. The molecular formula is C14H21N3O2. The fraction of sp³-hybridized carbons (Fsp3) is 0.571. The molecule has 0 spiro atoms. The molecule has 2 unspecified atom stereocenters. The largest absolute Gasteiger partial charge is 0.477 e. The fourth-order valence-electron chi connectivity index (χ4n) is 2.61. The number of carbonyl (C=O) groups is 1. The van der Waals surface area contributed by atoms with E-state index in [1.54, 1.807) is 6.07 Å². The summed E-state index contributed by atoms with van der Waals surface area (Å²) in [5.74, 6) is -0.331. The molecule has 2 atom stereocenters. The molecule has 1 aliphatic carbocycles. The minimum absolute atomic E-state index is 0.0879. The Morgan fingerprint density at radius 2 is 2.21 bits per heavy atom. The molecule has 5 nitrogen and oxygen atoms in total. The number of hydrogen-bond acceptors (Lipinski definition) is 4. The van der Waals surface area contributed by atoms with Crippen molar-refractivity contribution in [2.75, 3.05) is 19.4 Å². The van der Waals surface area contributed by atoms with Crippen LogP contribution in [0.5, 0.6) is 0 Å². The molecule has 0 aromatic carbocycles. The summed E-state index contributed by atoms with van der Waals surface area (Å²) in [6, 6.07) is 6.03. The average molecular weight is 263 g/mol. The van der Waals surface area contributed by atoms with Crippen molar-refractivity contribution < 1.29 is 9.90 Å². The Labute approximate surface area is 113 Å². The lowest BCUT2D eigenvalue weighted by Crippen LogP contribution is -2.38. The van der Waals surface area contributed by atoms with Gasteiger partial charge >= 0.3 is 5.97 Å². The molecule has 1 aromatic rings. The van der Waals surface area contributed by atoms with Crippen LogP contribution in [0.25, 0.3) is 0 Å². The van der Waals surface area contributed by atoms with Crippen molar-refractivity contribution in [2.24, 2.45) is 0 Å². The lowest BCUT2D eigenvalue weighted by atomic mass is 9.90. The number of carboxylic acids is 1. The molecule has 2 rings (SSSR count). The van der Waals surface area contributed by atoms with Crippen molar-refractivity contribution in [3.63, 3.8) is 0 Å². The van der Waals surface area contributed by atoms with E-state index in [0.717, 1.165) is 12.8 Å². The zero-order chi connectivity index (χ0) is 13.8. The Morgan fingerprint density at radius 3 is 2.89 bits per heavy atom. The predicted molar refractivity (Wildman–Crippen MR) is 74.6 cm³/mol. The maximum Gasteiger partial charge on any atom is 0.354 e. The summed E-state index contributed by atoms with van der Waals surface area (Å²) in [4.78, 5) is 17.3. The second-order valence-corrected chi connectivity index (χ2v) is 5.34. The summed E-state index contributed by atoms with van der Waals surface area (Å²) in [7, 11) is 4.21. The second-order valence-electron chi connectivity index (χ2n) is 5.34. The smallest absolute Gasteiger partial charge is 0.354 e. The molecule has 1 aromatic heterocycles. The predicted octanol–water partition coefficient (Wildman–Crippen LogP) is 2.06. The number of aromatic carboxylic acids is 1. The molecule has 0 radical (unpaired) electrons. The third kappa shape index (κ3) is 3.67. The first kappa shape index (κ1) is 13.8. The summed E-state index contributed by atoms with van der Waals surface area (Å²) in [5, 5.41) is 12.3. The molecule has 1 aliphatic rings. The first-order valence-electron chi connectivity index (χ1n) is 6.69. The zero-order valence-corrected chi connectivity index (χ0v) is 11.5. The van der Waals surface area contributed by atoms with Gasteiger partial charge in [0.1, 0.15) is 5.82 Å². The van der Waals surface area contributed by atoms with E-state index in [2.05, 4.69) is 29.3 Å². The van der Waals surface area contributed by atoms with Crippen LogP contribution in [0.2, 0.25) is 0 Å². The van der Waals surface area contributed by atoms with E-state index < -0.39 is 5.97 Å². The average Bonchev–Trinajstić information content (AvgIpc) is 2.39. The third-order valence-electron chi connectivity index (χ3n) is 3.70. The van der Waals surface area contributed by atoms with Crippen LogP contribution in [0.4, 0.5) is 5.82 Å². The number of pyridine rings is 1. The molecule has 0 amide bonds. The first-order valence-corrected chi connectivity index (χ1v) is 6.69. The summed E-state index contributed by atoms with van der Waals surface area (Å²) in [5.41, 5.74) is 0.0879. The van der Waals surface area contributed by atoms with Gasteiger partial charge in [0, 0.05) is 12.1 Å². The Balaban J connectivity index is 2.00. The Bertz CT molecular complexity index is 448. The standard InChI is InChI=1S/C14H21N3O2/c1-17(2)11-6-3-5-10(9-11)15-13-8-4-7-12(16-13)14(18)19/h4,7-8,10-11H,3,5-6,9H2,1-2H3,(H,15,16)(H,18,19). The van der Waals surface area contributed by atoms with E-state index in [1.807, 2.05) is 6.07 Å². The summed E-state index contributed by atoms with van der Waals surface area (Å²) < 4.78 is 0. The summed E-state index contributed by atoms with van der Waals surface area (Å²) >= 11 is 0. The molecular weight excluding hydrogens is 242 g/mol. The van der Waals surface area contributed by atoms with Crippen molar-refractivity contribution in [3.05, 3.63) is 23.9 Å². The minimum atomic E-state index is -0.988. The number of carboxylic acid groups (broad SMARTS) is 1. The molecule has 0 saturated heterocycles. The van der Waals surface area contributed by atoms with E-state index in [4.69, 9.17) is 5.11 Å². The maximum absolute atomic E-state index is 10.9. The van der Waals surface area contributed by atoms with Gasteiger partial charge in [-0.2, -0.15) is 0 Å². The number of anilines is 1. The lowest BCUT2D eigenvalue weighted by Gasteiger charge is -2.34. The van der Waals surface area contributed by atoms with Gasteiger partial charge in [-0.15, -0.1) is 0 Å². The van der Waals surface area contributed by atoms with Gasteiger partial charge in [-0.1, -0.05) is 6.07 Å². The van der Waals surface area contributed by atoms with Gasteiger partial charge in [0.2, 0.25) is 0 Å². The molecule has 1 fully saturated rings. The van der Waals surface area contributed by atoms with Gasteiger partial charge in [-0.3, -0.25) is 0 Å². The Hall–Kier alpha value is -1.62. The lowest BCUT2D eigenvalue weighted by molar-refractivity contribution is 0.0690. The van der Waals surface area contributed by atoms with Crippen LogP contribution in [0.3, 0.4) is 0 Å². The first-order chi connectivity index (χ1) is 9.06. The highest BCUT2D eigenvalue weighted by Crippen LogP contribution is 2.24. The van der Waals surface area contributed by atoms with E-state index in [-0.39, 0.29) is 5.69 Å². The summed E-state index contributed by atoms with van der Waals surface area (Å²) in [6.07, 6.45) is 4.61. The number of nitrogens with one attached hydrogen (secondary N) is 1. The monoisotopic (exact) mass is 263 g/mol. The second kappa shape index (κ2) is 6.02. The molecule has 2 N–H and O–H groups in total. The highest BCUT2D eigenvalue weighted by molar-refractivity contribution is 5.85. The molecule has 19 heavy (non-hydrogen) atoms. The van der Waals surface area contributed by atoms with Crippen LogP contribution >= 0.6 is 0 Å². The topological polar surface area (TPSA) is 65.5 Å². The third-order valence-corrected chi connectivity index (χ3v) is 3.70. The molecule has 1 heterocycles. The molecule has 0 aliphatic heterocycles. The van der Waals surface area contributed by atoms with Gasteiger partial charge in [-0.25, -0.2) is 9.78 Å². The maximum atomic E-state index is 10.9. The number of hydrogen-bond donors (Lipinski definition) is 2. The van der Waals surface area contributed by atoms with Gasteiger partial charge < -0.3 is 15.3 Å². The van der Waals surface area contributed by atoms with Crippen LogP contribution in [0.15, 0.2) is 18.2 Å². The van der Waals surface area contributed by atoms with E-state index in [1.165, 1.54) is 18.9 Å². The quantitative estimate of drug-likeness (QED) is 0.870. The van der Waals surface area contributed by atoms with Gasteiger partial charge in [0.25, 0.3) is 0 Å². The number of rotatable bonds is 4. The molecule has 0 bridgehead atoms. The highest BCUT2D eigenvalue weighted by Gasteiger charge is 2.23. The minimum Gasteiger partial charge on any atom is -0.477 e. The normalized spacial score (nSPS) is 23.3. The molecule has 104 valence electrons. The SMILES string of the molecule is CN(C)C1CCCC(Nc2cccc(C(=O)O)n2)C1. The van der Waals surface area contributed by atoms with Crippen LogP contribution in [-0.4, -0.2) is 47.1 Å². The van der Waals surface area contributed by atoms with Gasteiger partial charge in [0.15, 0.2) is 5.69 Å². The van der Waals surface area contributed by atoms with Crippen LogP contribution < -0.4 is 5.32 Å². The summed E-state index contributed by atoms with van der Waals surface area (Å²) in [6.45, 7) is 0. The van der Waals surface area contributed by atoms with Crippen molar-refractivity contribution in [1.82, 2.24) is 9.88 Å². The van der Waals surface area contributed by atoms with Crippen molar-refractivity contribution in [3.8, 4) is 0 Å². The van der Waals surface area contributed by atoms with Crippen LogP contribution in [-0.2, 0) is 0 Å². The fourth-order valence-corrected chi connectivity index (χ4v) is 2.61. The van der Waals surface area contributed by atoms with Crippen molar-refractivity contribution >= 4 is 11.8 Å². The van der Waals surface area contributed by atoms with E-state index in [0.29, 0.717) is 17.9 Å². The Kier molecular flexibility index (Phi) is 4.37. The van der Waals surface area contributed by atoms with Crippen molar-refractivity contribution in [2.45, 2.75) is 37.8 Å². The van der Waals surface area contributed by atoms with Gasteiger partial charge in [-0.05, 0) is 51.9 Å². The Morgan fingerprint density at radius 1 is 1.42 bits per heavy atom. The number of aromatic nitrogens is 1. The highest BCUT2D eigenvalue weighted by atomic mass is 16.4. The van der Waals surface area contributed by atoms with Crippen LogP contribution in [0.1, 0.15) is 36.2 Å². The number of nitrogens with zero attached hydrogens (tertiary/aromatic N) is 2. The van der Waals surface area contributed by atoms with Crippen molar-refractivity contribution in [1.29, 1.82) is 0 Å². The van der Waals surface area contributed by atoms with E-state index >= 15 is 0 Å². The van der Waals surface area contributed by atoms with Gasteiger partial charge in [0.05, 0.1) is 0 Å². The zero-order valence-electron chi connectivity index (χ0n) is 11.5.